The summed E-state index contributed by atoms with van der Waals surface area (Å²) >= 11 is 0. The zero-order chi connectivity index (χ0) is 29.3. The van der Waals surface area contributed by atoms with E-state index >= 15 is 0 Å². The Labute approximate surface area is 245 Å². The van der Waals surface area contributed by atoms with E-state index in [0.717, 1.165) is 38.8 Å². The van der Waals surface area contributed by atoms with Gasteiger partial charge in [0.25, 0.3) is 0 Å². The first-order valence-corrected chi connectivity index (χ1v) is 14.1. The zero-order valence-electron chi connectivity index (χ0n) is 23.5. The van der Waals surface area contributed by atoms with Gasteiger partial charge in [0.05, 0.1) is 12.9 Å². The van der Waals surface area contributed by atoms with Gasteiger partial charge in [0.2, 0.25) is 5.91 Å². The van der Waals surface area contributed by atoms with Gasteiger partial charge in [-0.3, -0.25) is 4.79 Å². The number of nitrogens with two attached hydrogens (primary N) is 1. The molecule has 1 heterocycles. The van der Waals surface area contributed by atoms with Gasteiger partial charge in [0, 0.05) is 29.5 Å². The summed E-state index contributed by atoms with van der Waals surface area (Å²) in [4.78, 5) is 26.0. The zero-order valence-corrected chi connectivity index (χ0v) is 23.5. The Morgan fingerprint density at radius 1 is 0.881 bits per heavy atom. The second kappa shape index (κ2) is 13.7. The highest BCUT2D eigenvalue weighted by Crippen LogP contribution is 2.33. The summed E-state index contributed by atoms with van der Waals surface area (Å²) in [6.45, 7) is 2.61. The van der Waals surface area contributed by atoms with Crippen molar-refractivity contribution in [2.24, 2.45) is 5.73 Å². The summed E-state index contributed by atoms with van der Waals surface area (Å²) < 4.78 is 17.4. The Kier molecular flexibility index (Phi) is 9.31. The van der Waals surface area contributed by atoms with Crippen LogP contribution in [0.5, 0.6) is 5.75 Å². The van der Waals surface area contributed by atoms with Crippen LogP contribution in [0, 0.1) is 0 Å². The lowest BCUT2D eigenvalue weighted by atomic mass is 9.99. The number of amides is 1. The van der Waals surface area contributed by atoms with Crippen LogP contribution in [0.15, 0.2) is 108 Å². The maximum Gasteiger partial charge on any atom is 0.333 e. The van der Waals surface area contributed by atoms with Crippen LogP contribution in [0.1, 0.15) is 41.6 Å². The third-order valence-electron chi connectivity index (χ3n) is 7.02. The normalized spacial score (nSPS) is 11.7. The molecule has 1 amide bonds. The van der Waals surface area contributed by atoms with Gasteiger partial charge in [0.15, 0.2) is 6.04 Å². The number of nitrogens with one attached hydrogen (secondary N) is 1. The van der Waals surface area contributed by atoms with Crippen molar-refractivity contribution in [2.75, 3.05) is 6.61 Å². The molecule has 1 aromatic heterocycles. The van der Waals surface area contributed by atoms with E-state index in [9.17, 15) is 9.59 Å². The lowest BCUT2D eigenvalue weighted by molar-refractivity contribution is -0.147. The fraction of sp³-hybridized carbons (Fsp3) is 0.200. The second-order valence-corrected chi connectivity index (χ2v) is 9.95. The molecule has 5 aromatic rings. The lowest BCUT2D eigenvalue weighted by Gasteiger charge is -2.21. The summed E-state index contributed by atoms with van der Waals surface area (Å²) in [6, 6.07) is 30.0. The highest BCUT2D eigenvalue weighted by Gasteiger charge is 2.27. The van der Waals surface area contributed by atoms with Crippen LogP contribution in [0.2, 0.25) is 0 Å². The molecule has 0 spiro atoms. The number of rotatable bonds is 12. The molecule has 0 aliphatic carbocycles. The summed E-state index contributed by atoms with van der Waals surface area (Å²) in [5.41, 5.74) is 12.1. The first-order chi connectivity index (χ1) is 20.6. The van der Waals surface area contributed by atoms with Crippen molar-refractivity contribution in [3.05, 3.63) is 126 Å². The summed E-state index contributed by atoms with van der Waals surface area (Å²) in [6.07, 6.45) is 2.47. The molecule has 0 aliphatic rings. The van der Waals surface area contributed by atoms with E-state index in [0.29, 0.717) is 24.3 Å². The van der Waals surface area contributed by atoms with Crippen LogP contribution < -0.4 is 15.8 Å². The number of benzene rings is 4. The van der Waals surface area contributed by atoms with Crippen molar-refractivity contribution in [3.63, 3.8) is 0 Å². The minimum atomic E-state index is -1.00. The molecule has 0 aliphatic heterocycles. The van der Waals surface area contributed by atoms with Crippen LogP contribution in [0.3, 0.4) is 0 Å². The molecule has 7 heteroatoms. The number of ether oxygens (including phenoxy) is 2. The highest BCUT2D eigenvalue weighted by atomic mass is 16.5. The van der Waals surface area contributed by atoms with Crippen LogP contribution >= 0.6 is 0 Å². The van der Waals surface area contributed by atoms with E-state index in [1.165, 1.54) is 0 Å². The van der Waals surface area contributed by atoms with E-state index in [1.54, 1.807) is 25.3 Å². The number of hydrogen-bond donors (Lipinski definition) is 2. The van der Waals surface area contributed by atoms with Crippen LogP contribution in [-0.4, -0.2) is 18.5 Å². The molecular formula is C35H34N2O5. The molecule has 0 saturated carbocycles. The summed E-state index contributed by atoms with van der Waals surface area (Å²) in [7, 11) is 0. The van der Waals surface area contributed by atoms with Crippen LogP contribution in [0.4, 0.5) is 0 Å². The third kappa shape index (κ3) is 6.87. The topological polar surface area (TPSA) is 104 Å². The standard InChI is InChI=1S/C35H34N2O5/c1-2-40-35(39)33(37-32(38)16-15-24-9-4-3-5-10-24)29-13-6-7-14-31(29)42-23-26-20-28-17-18-41-34(28)30(21-26)27-12-8-11-25(19-27)22-36/h3-14,17-21,33H,2,15-16,22-23,36H2,1H3,(H,37,38). The van der Waals surface area contributed by atoms with Gasteiger partial charge in [-0.1, -0.05) is 66.7 Å². The Balaban J connectivity index is 1.38. The number of esters is 1. The molecule has 4 aromatic carbocycles. The number of para-hydroxylation sites is 1. The van der Waals surface area contributed by atoms with Crippen molar-refractivity contribution in [2.45, 2.75) is 39.0 Å². The molecule has 0 saturated heterocycles. The Morgan fingerprint density at radius 2 is 1.67 bits per heavy atom. The smallest absolute Gasteiger partial charge is 0.333 e. The van der Waals surface area contributed by atoms with Crippen molar-refractivity contribution < 1.29 is 23.5 Å². The van der Waals surface area contributed by atoms with Crippen molar-refractivity contribution >= 4 is 22.8 Å². The van der Waals surface area contributed by atoms with E-state index < -0.39 is 12.0 Å². The molecule has 0 fully saturated rings. The van der Waals surface area contributed by atoms with Gasteiger partial charge in [-0.25, -0.2) is 4.79 Å². The number of fused-ring (bicyclic) bond motifs is 1. The van der Waals surface area contributed by atoms with Crippen molar-refractivity contribution in [3.8, 4) is 16.9 Å². The molecule has 214 valence electrons. The quantitative estimate of drug-likeness (QED) is 0.169. The van der Waals surface area contributed by atoms with Gasteiger partial charge in [-0.2, -0.15) is 0 Å². The minimum Gasteiger partial charge on any atom is -0.489 e. The first kappa shape index (κ1) is 28.6. The monoisotopic (exact) mass is 562 g/mol. The summed E-state index contributed by atoms with van der Waals surface area (Å²) in [5, 5.41) is 3.82. The van der Waals surface area contributed by atoms with Gasteiger partial charge in [-0.05, 0) is 65.9 Å². The van der Waals surface area contributed by atoms with Crippen LogP contribution in [0.25, 0.3) is 22.1 Å². The van der Waals surface area contributed by atoms with Crippen LogP contribution in [-0.2, 0) is 33.9 Å². The van der Waals surface area contributed by atoms with Gasteiger partial charge < -0.3 is 24.9 Å². The molecule has 0 bridgehead atoms. The molecule has 5 rings (SSSR count). The molecule has 1 atom stereocenters. The van der Waals surface area contributed by atoms with E-state index in [-0.39, 0.29) is 25.5 Å². The Morgan fingerprint density at radius 3 is 2.48 bits per heavy atom. The van der Waals surface area contributed by atoms with Gasteiger partial charge >= 0.3 is 5.97 Å². The fourth-order valence-corrected chi connectivity index (χ4v) is 4.94. The Hall–Kier alpha value is -4.88. The Bertz CT molecular complexity index is 1660. The predicted octanol–water partition coefficient (Wildman–Crippen LogP) is 6.49. The van der Waals surface area contributed by atoms with E-state index in [2.05, 4.69) is 11.4 Å². The van der Waals surface area contributed by atoms with Crippen molar-refractivity contribution in [1.82, 2.24) is 5.32 Å². The second-order valence-electron chi connectivity index (χ2n) is 9.95. The van der Waals surface area contributed by atoms with Crippen molar-refractivity contribution in [1.29, 1.82) is 0 Å². The number of carbonyl (C=O) groups excluding carboxylic acids is 2. The maximum absolute atomic E-state index is 13.0. The fourth-order valence-electron chi connectivity index (χ4n) is 4.94. The first-order valence-electron chi connectivity index (χ1n) is 14.1. The predicted molar refractivity (Wildman–Crippen MR) is 163 cm³/mol. The number of aryl methyl sites for hydroxylation is 1. The average molecular weight is 563 g/mol. The van der Waals surface area contributed by atoms with Gasteiger partial charge in [-0.15, -0.1) is 0 Å². The molecular weight excluding hydrogens is 528 g/mol. The molecule has 3 N–H and O–H groups in total. The molecule has 42 heavy (non-hydrogen) atoms. The van der Waals surface area contributed by atoms with E-state index in [4.69, 9.17) is 19.6 Å². The molecule has 7 nitrogen and oxygen atoms in total. The number of carbonyl (C=O) groups is 2. The third-order valence-corrected chi connectivity index (χ3v) is 7.02. The number of hydrogen-bond acceptors (Lipinski definition) is 6. The summed E-state index contributed by atoms with van der Waals surface area (Å²) in [5.74, 6) is -0.303. The molecule has 0 radical (unpaired) electrons. The minimum absolute atomic E-state index is 0.192. The van der Waals surface area contributed by atoms with Gasteiger partial charge in [0.1, 0.15) is 17.9 Å². The maximum atomic E-state index is 13.0. The largest absolute Gasteiger partial charge is 0.489 e. The molecule has 1 unspecified atom stereocenters. The SMILES string of the molecule is CCOC(=O)C(NC(=O)CCc1ccccc1)c1ccccc1OCc1cc(-c2cccc(CN)c2)c2occc2c1. The average Bonchev–Trinajstić information content (AvgIpc) is 3.51. The van der Waals surface area contributed by atoms with E-state index in [1.807, 2.05) is 78.9 Å². The number of furan rings is 1. The highest BCUT2D eigenvalue weighted by molar-refractivity contribution is 5.93. The lowest BCUT2D eigenvalue weighted by Crippen LogP contribution is -2.35.